The maximum atomic E-state index is 11.5. The highest BCUT2D eigenvalue weighted by atomic mass is 35.5. The van der Waals surface area contributed by atoms with Gasteiger partial charge in [0.15, 0.2) is 5.69 Å². The Morgan fingerprint density at radius 3 is 2.71 bits per heavy atom. The fourth-order valence-electron chi connectivity index (χ4n) is 1.95. The van der Waals surface area contributed by atoms with E-state index in [1.54, 1.807) is 6.20 Å². The minimum Gasteiger partial charge on any atom is -0.464 e. The van der Waals surface area contributed by atoms with Crippen LogP contribution in [-0.2, 0) is 4.74 Å². The highest BCUT2D eigenvalue weighted by molar-refractivity contribution is 6.31. The van der Waals surface area contributed by atoms with Crippen molar-refractivity contribution in [3.63, 3.8) is 0 Å². The number of halogens is 1. The largest absolute Gasteiger partial charge is 0.464 e. The zero-order valence-electron chi connectivity index (χ0n) is 12.1. The highest BCUT2D eigenvalue weighted by Gasteiger charge is 2.18. The number of hydrogen-bond acceptors (Lipinski definition) is 5. The van der Waals surface area contributed by atoms with Gasteiger partial charge in [-0.2, -0.15) is 0 Å². The second-order valence-electron chi connectivity index (χ2n) is 4.56. The van der Waals surface area contributed by atoms with E-state index in [1.165, 1.54) is 13.3 Å². The van der Waals surface area contributed by atoms with Gasteiger partial charge in [-0.3, -0.25) is 4.98 Å². The summed E-state index contributed by atoms with van der Waals surface area (Å²) in [5.74, 6) is 0.0634. The van der Waals surface area contributed by atoms with Crippen molar-refractivity contribution in [3.8, 4) is 0 Å². The van der Waals surface area contributed by atoms with Crippen LogP contribution < -0.4 is 4.90 Å². The van der Waals surface area contributed by atoms with Gasteiger partial charge in [-0.15, -0.1) is 0 Å². The smallest absolute Gasteiger partial charge is 0.358 e. The Morgan fingerprint density at radius 1 is 1.33 bits per heavy atom. The lowest BCUT2D eigenvalue weighted by molar-refractivity contribution is 0.0593. The quantitative estimate of drug-likeness (QED) is 0.812. The third-order valence-corrected chi connectivity index (χ3v) is 3.66. The Bertz CT molecular complexity index is 648. The van der Waals surface area contributed by atoms with E-state index >= 15 is 0 Å². The molecular weight excluding hydrogens is 290 g/mol. The van der Waals surface area contributed by atoms with Crippen LogP contribution >= 0.6 is 11.6 Å². The number of benzene rings is 1. The first-order valence-electron chi connectivity index (χ1n) is 6.42. The molecule has 0 radical (unpaired) electrons. The van der Waals surface area contributed by atoms with Crippen LogP contribution in [0.3, 0.4) is 0 Å². The third-order valence-electron chi connectivity index (χ3n) is 3.31. The van der Waals surface area contributed by atoms with E-state index in [2.05, 4.69) is 14.7 Å². The predicted molar refractivity (Wildman–Crippen MR) is 81.6 cm³/mol. The van der Waals surface area contributed by atoms with Crippen molar-refractivity contribution < 1.29 is 9.53 Å². The number of ether oxygens (including phenoxy) is 1. The lowest BCUT2D eigenvalue weighted by Gasteiger charge is -2.26. The molecule has 1 aromatic carbocycles. The topological polar surface area (TPSA) is 55.3 Å². The van der Waals surface area contributed by atoms with E-state index in [0.29, 0.717) is 10.8 Å². The number of carbonyl (C=O) groups is 1. The van der Waals surface area contributed by atoms with Crippen LogP contribution in [0.15, 0.2) is 36.7 Å². The molecule has 110 valence electrons. The second-order valence-corrected chi connectivity index (χ2v) is 4.97. The first kappa shape index (κ1) is 15.3. The molecule has 1 aromatic heterocycles. The van der Waals surface area contributed by atoms with Gasteiger partial charge in [-0.05, 0) is 18.6 Å². The first-order chi connectivity index (χ1) is 10.0. The molecule has 5 nitrogen and oxygen atoms in total. The summed E-state index contributed by atoms with van der Waals surface area (Å²) in [6.07, 6.45) is 2.98. The molecule has 0 bridgehead atoms. The molecule has 0 saturated heterocycles. The molecule has 1 unspecified atom stereocenters. The zero-order valence-corrected chi connectivity index (χ0v) is 12.8. The van der Waals surface area contributed by atoms with Gasteiger partial charge < -0.3 is 9.64 Å². The van der Waals surface area contributed by atoms with Crippen molar-refractivity contribution in [1.29, 1.82) is 0 Å². The molecule has 2 aromatic rings. The molecule has 1 heterocycles. The summed E-state index contributed by atoms with van der Waals surface area (Å²) < 4.78 is 4.65. The lowest BCUT2D eigenvalue weighted by Crippen LogP contribution is -2.24. The molecule has 0 spiro atoms. The van der Waals surface area contributed by atoms with Crippen molar-refractivity contribution >= 4 is 23.4 Å². The fourth-order valence-corrected chi connectivity index (χ4v) is 2.24. The van der Waals surface area contributed by atoms with Crippen LogP contribution in [-0.4, -0.2) is 30.1 Å². The van der Waals surface area contributed by atoms with Crippen molar-refractivity contribution in [1.82, 2.24) is 9.97 Å². The Hall–Kier alpha value is -2.14. The van der Waals surface area contributed by atoms with Crippen LogP contribution in [0.5, 0.6) is 0 Å². The standard InChI is InChI=1S/C15H16ClN3O2/c1-10(11-6-4-5-7-12(11)16)19(2)14-9-17-8-13(18-14)15(20)21-3/h4-10H,1-3H3. The number of rotatable bonds is 4. The third kappa shape index (κ3) is 3.31. The highest BCUT2D eigenvalue weighted by Crippen LogP contribution is 2.28. The Morgan fingerprint density at radius 2 is 2.05 bits per heavy atom. The fraction of sp³-hybridized carbons (Fsp3) is 0.267. The summed E-state index contributed by atoms with van der Waals surface area (Å²) >= 11 is 6.22. The number of hydrogen-bond donors (Lipinski definition) is 0. The SMILES string of the molecule is COC(=O)c1cncc(N(C)C(C)c2ccccc2Cl)n1. The minimum absolute atomic E-state index is 0.0131. The molecule has 2 rings (SSSR count). The summed E-state index contributed by atoms with van der Waals surface area (Å²) in [5, 5.41) is 0.689. The van der Waals surface area contributed by atoms with Gasteiger partial charge in [-0.1, -0.05) is 29.8 Å². The summed E-state index contributed by atoms with van der Waals surface area (Å²) in [6.45, 7) is 2.01. The maximum Gasteiger partial charge on any atom is 0.358 e. The monoisotopic (exact) mass is 305 g/mol. The van der Waals surface area contributed by atoms with Crippen molar-refractivity contribution in [2.45, 2.75) is 13.0 Å². The van der Waals surface area contributed by atoms with Crippen molar-refractivity contribution in [2.75, 3.05) is 19.1 Å². The van der Waals surface area contributed by atoms with Crippen LogP contribution in [0.2, 0.25) is 5.02 Å². The molecule has 0 aliphatic carbocycles. The molecule has 0 amide bonds. The molecular formula is C15H16ClN3O2. The van der Waals surface area contributed by atoms with Gasteiger partial charge in [0.05, 0.1) is 25.5 Å². The van der Waals surface area contributed by atoms with Gasteiger partial charge in [0.1, 0.15) is 5.82 Å². The number of nitrogens with zero attached hydrogens (tertiary/aromatic N) is 3. The molecule has 0 N–H and O–H groups in total. The van der Waals surface area contributed by atoms with Crippen LogP contribution in [0.4, 0.5) is 5.82 Å². The Balaban J connectivity index is 2.29. The molecule has 21 heavy (non-hydrogen) atoms. The van der Waals surface area contributed by atoms with E-state index in [9.17, 15) is 4.79 Å². The second kappa shape index (κ2) is 6.54. The summed E-state index contributed by atoms with van der Waals surface area (Å²) in [7, 11) is 3.19. The van der Waals surface area contributed by atoms with Gasteiger partial charge in [-0.25, -0.2) is 9.78 Å². The molecule has 0 aliphatic heterocycles. The van der Waals surface area contributed by atoms with E-state index in [-0.39, 0.29) is 11.7 Å². The average molecular weight is 306 g/mol. The number of carbonyl (C=O) groups excluding carboxylic acids is 1. The summed E-state index contributed by atoms with van der Waals surface area (Å²) in [6, 6.07) is 7.61. The van der Waals surface area contributed by atoms with E-state index in [4.69, 9.17) is 11.6 Å². The average Bonchev–Trinajstić information content (AvgIpc) is 2.53. The predicted octanol–water partition coefficient (Wildman–Crippen LogP) is 3.11. The molecule has 0 aliphatic rings. The number of esters is 1. The summed E-state index contributed by atoms with van der Waals surface area (Å²) in [4.78, 5) is 21.7. The van der Waals surface area contributed by atoms with Crippen LogP contribution in [0, 0.1) is 0 Å². The van der Waals surface area contributed by atoms with Gasteiger partial charge in [0, 0.05) is 12.1 Å². The van der Waals surface area contributed by atoms with E-state index in [1.807, 2.05) is 43.1 Å². The lowest BCUT2D eigenvalue weighted by atomic mass is 10.1. The normalized spacial score (nSPS) is 11.8. The number of methoxy groups -OCH3 is 1. The van der Waals surface area contributed by atoms with Crippen LogP contribution in [0.1, 0.15) is 29.0 Å². The van der Waals surface area contributed by atoms with Crippen molar-refractivity contribution in [3.05, 3.63) is 52.9 Å². The van der Waals surface area contributed by atoms with E-state index in [0.717, 1.165) is 5.56 Å². The Kier molecular flexibility index (Phi) is 4.75. The van der Waals surface area contributed by atoms with Crippen molar-refractivity contribution in [2.24, 2.45) is 0 Å². The zero-order chi connectivity index (χ0) is 15.4. The van der Waals surface area contributed by atoms with Gasteiger partial charge in [0.25, 0.3) is 0 Å². The summed E-state index contributed by atoms with van der Waals surface area (Å²) in [5.41, 5.74) is 1.15. The van der Waals surface area contributed by atoms with Gasteiger partial charge >= 0.3 is 5.97 Å². The number of anilines is 1. The molecule has 6 heteroatoms. The van der Waals surface area contributed by atoms with Gasteiger partial charge in [0.2, 0.25) is 0 Å². The molecule has 1 atom stereocenters. The first-order valence-corrected chi connectivity index (χ1v) is 6.80. The molecule has 0 fully saturated rings. The van der Waals surface area contributed by atoms with E-state index < -0.39 is 5.97 Å². The Labute approximate surface area is 128 Å². The minimum atomic E-state index is -0.511. The number of aromatic nitrogens is 2. The molecule has 0 saturated carbocycles. The van der Waals surface area contributed by atoms with Crippen LogP contribution in [0.25, 0.3) is 0 Å². The maximum absolute atomic E-state index is 11.5.